The molecular weight excluding hydrogens is 232 g/mol. The summed E-state index contributed by atoms with van der Waals surface area (Å²) in [5.41, 5.74) is 0. The number of nitrogens with zero attached hydrogens (tertiary/aromatic N) is 1. The van der Waals surface area contributed by atoms with Crippen LogP contribution in [0.1, 0.15) is 78.1 Å². The van der Waals surface area contributed by atoms with Crippen molar-refractivity contribution in [1.29, 1.82) is 0 Å². The molecule has 112 valence electrons. The minimum absolute atomic E-state index is 0.757. The third kappa shape index (κ3) is 4.75. The maximum Gasteiger partial charge on any atom is 0.0252 e. The molecule has 2 aliphatic rings. The molecule has 2 saturated carbocycles. The molecule has 2 atom stereocenters. The Morgan fingerprint density at radius 1 is 0.895 bits per heavy atom. The lowest BCUT2D eigenvalue weighted by molar-refractivity contribution is 0.125. The first-order chi connectivity index (χ1) is 9.36. The van der Waals surface area contributed by atoms with E-state index in [4.69, 9.17) is 0 Å². The topological polar surface area (TPSA) is 15.3 Å². The Kier molecular flexibility index (Phi) is 6.66. The maximum absolute atomic E-state index is 3.87. The molecule has 0 aromatic heterocycles. The Morgan fingerprint density at radius 3 is 2.26 bits per heavy atom. The molecule has 0 heterocycles. The van der Waals surface area contributed by atoms with Crippen molar-refractivity contribution in [2.24, 2.45) is 0 Å². The van der Waals surface area contributed by atoms with E-state index in [1.54, 1.807) is 0 Å². The van der Waals surface area contributed by atoms with Crippen LogP contribution >= 0.6 is 0 Å². The van der Waals surface area contributed by atoms with E-state index < -0.39 is 0 Å². The zero-order chi connectivity index (χ0) is 13.5. The van der Waals surface area contributed by atoms with Gasteiger partial charge in [0.2, 0.25) is 0 Å². The van der Waals surface area contributed by atoms with Gasteiger partial charge in [0.15, 0.2) is 0 Å². The Hall–Kier alpha value is -0.0800. The molecule has 19 heavy (non-hydrogen) atoms. The molecule has 2 nitrogen and oxygen atoms in total. The van der Waals surface area contributed by atoms with Crippen LogP contribution in [0.5, 0.6) is 0 Å². The smallest absolute Gasteiger partial charge is 0.0252 e. The summed E-state index contributed by atoms with van der Waals surface area (Å²) in [5, 5.41) is 3.87. The Morgan fingerprint density at radius 2 is 1.63 bits per heavy atom. The van der Waals surface area contributed by atoms with Crippen molar-refractivity contribution in [2.45, 2.75) is 96.2 Å². The Labute approximate surface area is 120 Å². The third-order valence-corrected chi connectivity index (χ3v) is 4.81. The predicted molar refractivity (Wildman–Crippen MR) is 83.6 cm³/mol. The van der Waals surface area contributed by atoms with Crippen LogP contribution in [-0.2, 0) is 0 Å². The molecule has 0 spiro atoms. The van der Waals surface area contributed by atoms with Crippen molar-refractivity contribution in [2.75, 3.05) is 13.1 Å². The fourth-order valence-electron chi connectivity index (χ4n) is 3.71. The molecule has 1 N–H and O–H groups in total. The second-order valence-electron chi connectivity index (χ2n) is 6.59. The van der Waals surface area contributed by atoms with E-state index in [1.165, 1.54) is 77.3 Å². The van der Waals surface area contributed by atoms with Crippen LogP contribution in [0.3, 0.4) is 0 Å². The highest BCUT2D eigenvalue weighted by atomic mass is 15.2. The predicted octanol–water partition coefficient (Wildman–Crippen LogP) is 3.95. The van der Waals surface area contributed by atoms with Gasteiger partial charge < -0.3 is 5.32 Å². The van der Waals surface area contributed by atoms with Gasteiger partial charge in [-0.05, 0) is 51.6 Å². The Balaban J connectivity index is 1.99. The lowest BCUT2D eigenvalue weighted by atomic mass is 9.90. The molecule has 0 saturated heterocycles. The van der Waals surface area contributed by atoms with Crippen LogP contribution in [0.15, 0.2) is 0 Å². The van der Waals surface area contributed by atoms with Gasteiger partial charge in [0.05, 0.1) is 0 Å². The van der Waals surface area contributed by atoms with Crippen LogP contribution in [0, 0.1) is 0 Å². The van der Waals surface area contributed by atoms with E-state index in [0.29, 0.717) is 0 Å². The summed E-state index contributed by atoms with van der Waals surface area (Å²) in [6, 6.07) is 2.50. The largest absolute Gasteiger partial charge is 0.312 e. The maximum atomic E-state index is 3.87. The van der Waals surface area contributed by atoms with Gasteiger partial charge in [-0.2, -0.15) is 0 Å². The molecule has 0 bridgehead atoms. The van der Waals surface area contributed by atoms with Gasteiger partial charge in [0, 0.05) is 18.1 Å². The normalized spacial score (nSPS) is 29.2. The lowest BCUT2D eigenvalue weighted by Gasteiger charge is -2.39. The quantitative estimate of drug-likeness (QED) is 0.750. The van der Waals surface area contributed by atoms with E-state index in [9.17, 15) is 0 Å². The SMILES string of the molecule is CCCNC1CCCCCCC1N(CCC)C1CC1. The van der Waals surface area contributed by atoms with Crippen LogP contribution in [0.25, 0.3) is 0 Å². The number of rotatable bonds is 7. The van der Waals surface area contributed by atoms with Crippen molar-refractivity contribution >= 4 is 0 Å². The lowest BCUT2D eigenvalue weighted by Crippen LogP contribution is -2.51. The monoisotopic (exact) mass is 266 g/mol. The minimum atomic E-state index is 0.757. The zero-order valence-electron chi connectivity index (χ0n) is 13.2. The molecule has 0 aromatic carbocycles. The van der Waals surface area contributed by atoms with Gasteiger partial charge in [-0.3, -0.25) is 4.90 Å². The first-order valence-electron chi connectivity index (χ1n) is 8.86. The van der Waals surface area contributed by atoms with Crippen molar-refractivity contribution in [3.63, 3.8) is 0 Å². The van der Waals surface area contributed by atoms with E-state index in [1.807, 2.05) is 0 Å². The van der Waals surface area contributed by atoms with E-state index in [-0.39, 0.29) is 0 Å². The van der Waals surface area contributed by atoms with Crippen molar-refractivity contribution in [3.05, 3.63) is 0 Å². The highest BCUT2D eigenvalue weighted by molar-refractivity contribution is 4.94. The summed E-state index contributed by atoms with van der Waals surface area (Å²) < 4.78 is 0. The van der Waals surface area contributed by atoms with E-state index >= 15 is 0 Å². The number of hydrogen-bond acceptors (Lipinski definition) is 2. The summed E-state index contributed by atoms with van der Waals surface area (Å²) in [6.07, 6.45) is 14.1. The summed E-state index contributed by atoms with van der Waals surface area (Å²) >= 11 is 0. The average molecular weight is 266 g/mol. The molecule has 2 unspecified atom stereocenters. The molecule has 2 fully saturated rings. The second kappa shape index (κ2) is 8.26. The van der Waals surface area contributed by atoms with Crippen LogP contribution in [0.4, 0.5) is 0 Å². The minimum Gasteiger partial charge on any atom is -0.312 e. The highest BCUT2D eigenvalue weighted by Crippen LogP contribution is 2.33. The summed E-state index contributed by atoms with van der Waals surface area (Å²) in [4.78, 5) is 2.87. The molecule has 0 aliphatic heterocycles. The summed E-state index contributed by atoms with van der Waals surface area (Å²) in [5.74, 6) is 0. The zero-order valence-corrected chi connectivity index (χ0v) is 13.2. The van der Waals surface area contributed by atoms with E-state index in [0.717, 1.165) is 18.1 Å². The first kappa shape index (κ1) is 15.3. The van der Waals surface area contributed by atoms with E-state index in [2.05, 4.69) is 24.1 Å². The highest BCUT2D eigenvalue weighted by Gasteiger charge is 2.36. The van der Waals surface area contributed by atoms with Crippen molar-refractivity contribution in [3.8, 4) is 0 Å². The third-order valence-electron chi connectivity index (χ3n) is 4.81. The first-order valence-corrected chi connectivity index (χ1v) is 8.86. The summed E-state index contributed by atoms with van der Waals surface area (Å²) in [7, 11) is 0. The molecule has 0 aromatic rings. The fourth-order valence-corrected chi connectivity index (χ4v) is 3.71. The molecule has 2 aliphatic carbocycles. The van der Waals surface area contributed by atoms with Gasteiger partial charge in [0.1, 0.15) is 0 Å². The molecular formula is C17H34N2. The molecule has 2 rings (SSSR count). The van der Waals surface area contributed by atoms with Gasteiger partial charge in [0.25, 0.3) is 0 Å². The van der Waals surface area contributed by atoms with Gasteiger partial charge in [-0.1, -0.05) is 39.5 Å². The van der Waals surface area contributed by atoms with Crippen molar-refractivity contribution < 1.29 is 0 Å². The molecule has 0 amide bonds. The second-order valence-corrected chi connectivity index (χ2v) is 6.59. The van der Waals surface area contributed by atoms with Crippen LogP contribution < -0.4 is 5.32 Å². The van der Waals surface area contributed by atoms with Gasteiger partial charge >= 0.3 is 0 Å². The molecule has 0 radical (unpaired) electrons. The van der Waals surface area contributed by atoms with Crippen molar-refractivity contribution in [1.82, 2.24) is 10.2 Å². The van der Waals surface area contributed by atoms with Crippen LogP contribution in [-0.4, -0.2) is 36.1 Å². The average Bonchev–Trinajstić information content (AvgIpc) is 3.20. The van der Waals surface area contributed by atoms with Gasteiger partial charge in [-0.15, -0.1) is 0 Å². The number of hydrogen-bond donors (Lipinski definition) is 1. The Bertz CT molecular complexity index is 235. The molecule has 2 heteroatoms. The summed E-state index contributed by atoms with van der Waals surface area (Å²) in [6.45, 7) is 7.15. The van der Waals surface area contributed by atoms with Gasteiger partial charge in [-0.25, -0.2) is 0 Å². The standard InChI is InChI=1S/C17H34N2/c1-3-13-18-16-9-7-5-6-8-10-17(16)19(14-4-2)15-11-12-15/h15-18H,3-14H2,1-2H3. The number of nitrogens with one attached hydrogen (secondary N) is 1. The fraction of sp³-hybridized carbons (Fsp3) is 1.00. The van der Waals surface area contributed by atoms with Crippen LogP contribution in [0.2, 0.25) is 0 Å².